The first-order valence-electron chi connectivity index (χ1n) is 10.4. The third-order valence-corrected chi connectivity index (χ3v) is 6.72. The minimum Gasteiger partial charge on any atom is -0.380 e. The molecule has 8 heteroatoms. The van der Waals surface area contributed by atoms with E-state index in [0.717, 1.165) is 36.0 Å². The molecule has 2 aromatic carbocycles. The van der Waals surface area contributed by atoms with Crippen molar-refractivity contribution in [2.24, 2.45) is 0 Å². The lowest BCUT2D eigenvalue weighted by molar-refractivity contribution is -0.134. The molecule has 0 bridgehead atoms. The summed E-state index contributed by atoms with van der Waals surface area (Å²) in [4.78, 5) is 12.9. The van der Waals surface area contributed by atoms with Gasteiger partial charge >= 0.3 is 6.18 Å². The first-order valence-corrected chi connectivity index (χ1v) is 11.2. The van der Waals surface area contributed by atoms with Crippen LogP contribution in [0.3, 0.4) is 0 Å². The number of hydrogen-bond donors (Lipinski definition) is 3. The largest absolute Gasteiger partial charge is 0.425 e. The summed E-state index contributed by atoms with van der Waals surface area (Å²) in [5, 5.41) is 9.62. The normalized spacial score (nSPS) is 15.2. The van der Waals surface area contributed by atoms with Gasteiger partial charge in [-0.1, -0.05) is 24.3 Å². The second-order valence-electron chi connectivity index (χ2n) is 8.01. The van der Waals surface area contributed by atoms with Crippen LogP contribution in [0.2, 0.25) is 0 Å². The van der Waals surface area contributed by atoms with E-state index < -0.39 is 11.1 Å². The number of rotatable bonds is 6. The summed E-state index contributed by atoms with van der Waals surface area (Å²) in [5.74, 6) is -0.189. The molecule has 1 aliphatic heterocycles. The Kier molecular flexibility index (Phi) is 6.26. The van der Waals surface area contributed by atoms with Gasteiger partial charge < -0.3 is 16.0 Å². The van der Waals surface area contributed by atoms with Crippen molar-refractivity contribution in [1.29, 1.82) is 0 Å². The maximum atomic E-state index is 13.0. The molecule has 3 N–H and O–H groups in total. The van der Waals surface area contributed by atoms with Gasteiger partial charge in [0.15, 0.2) is 0 Å². The number of thiophene rings is 1. The zero-order chi connectivity index (χ0) is 22.9. The molecule has 1 atom stereocenters. The lowest BCUT2D eigenvalue weighted by Gasteiger charge is -2.29. The molecule has 4 rings (SSSR count). The molecule has 2 heterocycles. The molecule has 32 heavy (non-hydrogen) atoms. The fourth-order valence-electron chi connectivity index (χ4n) is 3.55. The Balaban J connectivity index is 1.49. The minimum atomic E-state index is -4.35. The smallest absolute Gasteiger partial charge is 0.380 e. The molecular formula is C24H24F3N3OS. The molecule has 1 fully saturated rings. The van der Waals surface area contributed by atoms with E-state index in [4.69, 9.17) is 0 Å². The SMILES string of the molecule is Cc1ccc(NC2CNC2)cc1C(=O)N[C@H](C)c1cccc(-c2ccc(C(F)(F)F)s2)c1. The van der Waals surface area contributed by atoms with Crippen LogP contribution >= 0.6 is 11.3 Å². The number of nitrogens with one attached hydrogen (secondary N) is 3. The molecule has 1 aromatic heterocycles. The number of anilines is 1. The number of carbonyl (C=O) groups is 1. The zero-order valence-corrected chi connectivity index (χ0v) is 18.5. The van der Waals surface area contributed by atoms with Crippen LogP contribution in [0, 0.1) is 6.92 Å². The standard InChI is InChI=1S/C24H24F3N3OS/c1-14-6-7-18(30-19-12-28-13-19)11-20(14)23(31)29-15(2)16-4-3-5-17(10-16)21-8-9-22(32-21)24(25,26)27/h3-11,15,19,28,30H,12-13H2,1-2H3,(H,29,31)/t15-/m1/s1. The van der Waals surface area contributed by atoms with Gasteiger partial charge in [-0.05, 0) is 60.9 Å². The molecular weight excluding hydrogens is 435 g/mol. The monoisotopic (exact) mass is 459 g/mol. The Labute approximate surface area is 188 Å². The van der Waals surface area contributed by atoms with Crippen LogP contribution in [0.15, 0.2) is 54.6 Å². The van der Waals surface area contributed by atoms with Crippen LogP contribution in [-0.4, -0.2) is 25.0 Å². The van der Waals surface area contributed by atoms with Gasteiger partial charge in [0.05, 0.1) is 12.1 Å². The number of benzene rings is 2. The third kappa shape index (κ3) is 4.97. The fraction of sp³-hybridized carbons (Fsp3) is 0.292. The van der Waals surface area contributed by atoms with Gasteiger partial charge in [0.25, 0.3) is 5.91 Å². The van der Waals surface area contributed by atoms with Crippen molar-refractivity contribution < 1.29 is 18.0 Å². The number of alkyl halides is 3. The molecule has 0 spiro atoms. The first-order chi connectivity index (χ1) is 15.2. The van der Waals surface area contributed by atoms with Crippen molar-refractivity contribution in [2.45, 2.75) is 32.1 Å². The second-order valence-corrected chi connectivity index (χ2v) is 9.10. The number of carbonyl (C=O) groups excluding carboxylic acids is 1. The summed E-state index contributed by atoms with van der Waals surface area (Å²) in [6.07, 6.45) is -4.35. The van der Waals surface area contributed by atoms with E-state index >= 15 is 0 Å². The topological polar surface area (TPSA) is 53.2 Å². The Morgan fingerprint density at radius 1 is 1.12 bits per heavy atom. The molecule has 1 saturated heterocycles. The van der Waals surface area contributed by atoms with E-state index in [1.165, 1.54) is 6.07 Å². The van der Waals surface area contributed by atoms with E-state index in [9.17, 15) is 18.0 Å². The van der Waals surface area contributed by atoms with E-state index in [1.807, 2.05) is 44.2 Å². The van der Waals surface area contributed by atoms with Crippen LogP contribution in [0.1, 0.15) is 39.3 Å². The van der Waals surface area contributed by atoms with Crippen LogP contribution in [0.5, 0.6) is 0 Å². The van der Waals surface area contributed by atoms with Crippen LogP contribution in [0.25, 0.3) is 10.4 Å². The van der Waals surface area contributed by atoms with Crippen LogP contribution in [-0.2, 0) is 6.18 Å². The predicted molar refractivity (Wildman–Crippen MR) is 122 cm³/mol. The van der Waals surface area contributed by atoms with Crippen molar-refractivity contribution in [1.82, 2.24) is 10.6 Å². The molecule has 0 unspecified atom stereocenters. The highest BCUT2D eigenvalue weighted by Gasteiger charge is 2.32. The molecule has 4 nitrogen and oxygen atoms in total. The van der Waals surface area contributed by atoms with Crippen molar-refractivity contribution >= 4 is 22.9 Å². The van der Waals surface area contributed by atoms with E-state index in [-0.39, 0.29) is 11.9 Å². The van der Waals surface area contributed by atoms with Gasteiger partial charge in [-0.15, -0.1) is 11.3 Å². The van der Waals surface area contributed by atoms with Crippen LogP contribution in [0.4, 0.5) is 18.9 Å². The average Bonchev–Trinajstić information content (AvgIpc) is 3.23. The number of hydrogen-bond acceptors (Lipinski definition) is 4. The predicted octanol–water partition coefficient (Wildman–Crippen LogP) is 5.62. The summed E-state index contributed by atoms with van der Waals surface area (Å²) >= 11 is 0.715. The van der Waals surface area contributed by atoms with Gasteiger partial charge in [0.2, 0.25) is 0 Å². The number of halogens is 3. The Morgan fingerprint density at radius 3 is 2.56 bits per heavy atom. The summed E-state index contributed by atoms with van der Waals surface area (Å²) in [6, 6.07) is 15.6. The zero-order valence-electron chi connectivity index (χ0n) is 17.7. The van der Waals surface area contributed by atoms with Crippen molar-refractivity contribution in [2.75, 3.05) is 18.4 Å². The molecule has 1 aliphatic rings. The molecule has 0 radical (unpaired) electrons. The second kappa shape index (κ2) is 8.96. The summed E-state index contributed by atoms with van der Waals surface area (Å²) in [7, 11) is 0. The minimum absolute atomic E-state index is 0.189. The lowest BCUT2D eigenvalue weighted by atomic mass is 10.0. The molecule has 0 saturated carbocycles. The number of amides is 1. The fourth-order valence-corrected chi connectivity index (χ4v) is 4.42. The lowest BCUT2D eigenvalue weighted by Crippen LogP contribution is -2.51. The molecule has 1 amide bonds. The molecule has 3 aromatic rings. The van der Waals surface area contributed by atoms with Gasteiger partial charge in [0, 0.05) is 29.2 Å². The van der Waals surface area contributed by atoms with Gasteiger partial charge in [-0.2, -0.15) is 13.2 Å². The summed E-state index contributed by atoms with van der Waals surface area (Å²) in [5.41, 5.74) is 3.89. The maximum Gasteiger partial charge on any atom is 0.425 e. The van der Waals surface area contributed by atoms with Gasteiger partial charge in [-0.3, -0.25) is 4.79 Å². The van der Waals surface area contributed by atoms with Gasteiger partial charge in [0.1, 0.15) is 4.88 Å². The van der Waals surface area contributed by atoms with Crippen molar-refractivity contribution in [3.63, 3.8) is 0 Å². The first kappa shape index (κ1) is 22.4. The Morgan fingerprint density at radius 2 is 1.91 bits per heavy atom. The van der Waals surface area contributed by atoms with E-state index in [2.05, 4.69) is 16.0 Å². The average molecular weight is 460 g/mol. The van der Waals surface area contributed by atoms with Crippen molar-refractivity contribution in [3.8, 4) is 10.4 Å². The maximum absolute atomic E-state index is 13.0. The Bertz CT molecular complexity index is 1120. The highest BCUT2D eigenvalue weighted by molar-refractivity contribution is 7.15. The Hall–Kier alpha value is -2.84. The highest BCUT2D eigenvalue weighted by Crippen LogP contribution is 2.38. The van der Waals surface area contributed by atoms with E-state index in [0.29, 0.717) is 33.4 Å². The molecule has 168 valence electrons. The van der Waals surface area contributed by atoms with E-state index in [1.54, 1.807) is 12.1 Å². The number of aryl methyl sites for hydroxylation is 1. The molecule has 0 aliphatic carbocycles. The van der Waals surface area contributed by atoms with Crippen molar-refractivity contribution in [3.05, 3.63) is 76.2 Å². The summed E-state index contributed by atoms with van der Waals surface area (Å²) < 4.78 is 38.8. The summed E-state index contributed by atoms with van der Waals surface area (Å²) in [6.45, 7) is 5.56. The van der Waals surface area contributed by atoms with Gasteiger partial charge in [-0.25, -0.2) is 0 Å². The quantitative estimate of drug-likeness (QED) is 0.449. The highest BCUT2D eigenvalue weighted by atomic mass is 32.1. The third-order valence-electron chi connectivity index (χ3n) is 5.54. The van der Waals surface area contributed by atoms with Crippen LogP contribution < -0.4 is 16.0 Å².